The molecule has 0 radical (unpaired) electrons. The molecule has 0 aliphatic heterocycles. The summed E-state index contributed by atoms with van der Waals surface area (Å²) in [6.07, 6.45) is 6.50. The molecule has 6 heteroatoms. The molecule has 1 aliphatic rings. The zero-order valence-electron chi connectivity index (χ0n) is 9.13. The van der Waals surface area contributed by atoms with Crippen LogP contribution in [0.1, 0.15) is 31.5 Å². The average Bonchev–Trinajstić information content (AvgIpc) is 2.80. The van der Waals surface area contributed by atoms with Crippen molar-refractivity contribution in [3.63, 3.8) is 0 Å². The predicted molar refractivity (Wildman–Crippen MR) is 54.6 cm³/mol. The fourth-order valence-electron chi connectivity index (χ4n) is 1.57. The Kier molecular flexibility index (Phi) is 2.02. The van der Waals surface area contributed by atoms with Crippen LogP contribution in [0, 0.1) is 0 Å². The van der Waals surface area contributed by atoms with Crippen molar-refractivity contribution >= 4 is 0 Å². The minimum absolute atomic E-state index is 0.176. The number of nitrogens with zero attached hydrogens (tertiary/aromatic N) is 5. The summed E-state index contributed by atoms with van der Waals surface area (Å²) in [5.41, 5.74) is 0.176. The van der Waals surface area contributed by atoms with Gasteiger partial charge < -0.3 is 4.52 Å². The minimum atomic E-state index is 0.176. The molecular formula is C10H13N5O. The Morgan fingerprint density at radius 2 is 2.38 bits per heavy atom. The lowest BCUT2D eigenvalue weighted by Gasteiger charge is -1.97. The summed E-state index contributed by atoms with van der Waals surface area (Å²) in [7, 11) is 0. The van der Waals surface area contributed by atoms with E-state index in [2.05, 4.69) is 27.4 Å². The third-order valence-corrected chi connectivity index (χ3v) is 3.03. The maximum absolute atomic E-state index is 5.21. The van der Waals surface area contributed by atoms with Crippen LogP contribution in [-0.4, -0.2) is 25.1 Å². The summed E-state index contributed by atoms with van der Waals surface area (Å²) >= 11 is 0. The van der Waals surface area contributed by atoms with Gasteiger partial charge >= 0.3 is 0 Å². The lowest BCUT2D eigenvalue weighted by Crippen LogP contribution is -2.04. The Labute approximate surface area is 92.7 Å². The molecule has 84 valence electrons. The largest absolute Gasteiger partial charge is 0.339 e. The van der Waals surface area contributed by atoms with Crippen LogP contribution in [0.5, 0.6) is 0 Å². The first kappa shape index (κ1) is 9.50. The number of hydrogen-bond acceptors (Lipinski definition) is 5. The second-order valence-corrected chi connectivity index (χ2v) is 4.49. The van der Waals surface area contributed by atoms with Gasteiger partial charge in [-0.25, -0.2) is 0 Å². The molecule has 1 fully saturated rings. The Bertz CT molecular complexity index is 471. The van der Waals surface area contributed by atoms with Gasteiger partial charge in [-0.3, -0.25) is 4.68 Å². The van der Waals surface area contributed by atoms with Crippen LogP contribution in [0.4, 0.5) is 0 Å². The highest BCUT2D eigenvalue weighted by molar-refractivity contribution is 5.14. The summed E-state index contributed by atoms with van der Waals surface area (Å²) in [5, 5.41) is 11.6. The summed E-state index contributed by atoms with van der Waals surface area (Å²) in [6.45, 7) is 2.89. The van der Waals surface area contributed by atoms with E-state index >= 15 is 0 Å². The zero-order valence-corrected chi connectivity index (χ0v) is 9.13. The van der Waals surface area contributed by atoms with Gasteiger partial charge in [0, 0.05) is 18.0 Å². The molecule has 2 heterocycles. The van der Waals surface area contributed by atoms with Gasteiger partial charge in [-0.05, 0) is 12.8 Å². The summed E-state index contributed by atoms with van der Waals surface area (Å²) in [4.78, 5) is 4.40. The highest BCUT2D eigenvalue weighted by Crippen LogP contribution is 2.45. The number of aromatic nitrogens is 5. The van der Waals surface area contributed by atoms with Crippen molar-refractivity contribution < 1.29 is 4.52 Å². The molecule has 0 amide bonds. The lowest BCUT2D eigenvalue weighted by atomic mass is 10.1. The molecule has 0 aromatic carbocycles. The van der Waals surface area contributed by atoms with Gasteiger partial charge in [-0.15, -0.1) is 5.10 Å². The molecule has 0 spiro atoms. The van der Waals surface area contributed by atoms with E-state index in [1.807, 2.05) is 6.20 Å². The van der Waals surface area contributed by atoms with E-state index < -0.39 is 0 Å². The first-order chi connectivity index (χ1) is 7.76. The first-order valence-electron chi connectivity index (χ1n) is 5.43. The Morgan fingerprint density at radius 3 is 3.06 bits per heavy atom. The zero-order chi connectivity index (χ0) is 11.0. The highest BCUT2D eigenvalue weighted by Gasteiger charge is 2.43. The van der Waals surface area contributed by atoms with E-state index in [9.17, 15) is 0 Å². The molecule has 3 rings (SSSR count). The summed E-state index contributed by atoms with van der Waals surface area (Å²) < 4.78 is 6.96. The van der Waals surface area contributed by atoms with E-state index in [0.717, 1.165) is 25.2 Å². The molecule has 6 nitrogen and oxygen atoms in total. The fraction of sp³-hybridized carbons (Fsp3) is 0.600. The van der Waals surface area contributed by atoms with Crippen LogP contribution in [0.3, 0.4) is 0 Å². The van der Waals surface area contributed by atoms with Gasteiger partial charge in [0.1, 0.15) is 0 Å². The van der Waals surface area contributed by atoms with Crippen LogP contribution in [-0.2, 0) is 18.4 Å². The molecule has 0 bridgehead atoms. The summed E-state index contributed by atoms with van der Waals surface area (Å²) in [5.74, 6) is 1.53. The van der Waals surface area contributed by atoms with Crippen molar-refractivity contribution in [2.45, 2.75) is 38.1 Å². The first-order valence-corrected chi connectivity index (χ1v) is 5.43. The van der Waals surface area contributed by atoms with Gasteiger partial charge in [-0.2, -0.15) is 4.98 Å². The van der Waals surface area contributed by atoms with Crippen molar-refractivity contribution in [3.05, 3.63) is 24.1 Å². The second-order valence-electron chi connectivity index (χ2n) is 4.49. The minimum Gasteiger partial charge on any atom is -0.339 e. The van der Waals surface area contributed by atoms with Gasteiger partial charge in [0.2, 0.25) is 5.89 Å². The van der Waals surface area contributed by atoms with Gasteiger partial charge in [-0.1, -0.05) is 17.3 Å². The maximum atomic E-state index is 5.21. The number of hydrogen-bond donors (Lipinski definition) is 0. The van der Waals surface area contributed by atoms with Gasteiger partial charge in [0.15, 0.2) is 5.82 Å². The van der Waals surface area contributed by atoms with Crippen molar-refractivity contribution in [2.24, 2.45) is 0 Å². The highest BCUT2D eigenvalue weighted by atomic mass is 16.5. The van der Waals surface area contributed by atoms with Crippen molar-refractivity contribution in [2.75, 3.05) is 0 Å². The topological polar surface area (TPSA) is 69.6 Å². The normalized spacial score (nSPS) is 17.6. The molecule has 0 N–H and O–H groups in total. The number of aryl methyl sites for hydroxylation is 2. The third kappa shape index (κ3) is 1.70. The molecule has 2 aromatic rings. The van der Waals surface area contributed by atoms with Crippen molar-refractivity contribution in [1.29, 1.82) is 0 Å². The van der Waals surface area contributed by atoms with Gasteiger partial charge in [0.25, 0.3) is 0 Å². The van der Waals surface area contributed by atoms with Crippen molar-refractivity contribution in [1.82, 2.24) is 25.1 Å². The Balaban J connectivity index is 1.65. The molecule has 1 saturated carbocycles. The molecule has 1 aliphatic carbocycles. The van der Waals surface area contributed by atoms with E-state index in [-0.39, 0.29) is 5.41 Å². The molecule has 16 heavy (non-hydrogen) atoms. The molecule has 0 saturated heterocycles. The summed E-state index contributed by atoms with van der Waals surface area (Å²) in [6, 6.07) is 0. The Hall–Kier alpha value is -1.72. The average molecular weight is 219 g/mol. The SMILES string of the molecule is CC1(c2noc(CCn3ccnn3)n2)CC1. The quantitative estimate of drug-likeness (QED) is 0.765. The van der Waals surface area contributed by atoms with E-state index in [1.165, 1.54) is 0 Å². The van der Waals surface area contributed by atoms with Crippen LogP contribution >= 0.6 is 0 Å². The van der Waals surface area contributed by atoms with Crippen LogP contribution < -0.4 is 0 Å². The molecule has 2 aromatic heterocycles. The fourth-order valence-corrected chi connectivity index (χ4v) is 1.57. The smallest absolute Gasteiger partial charge is 0.228 e. The molecule has 0 atom stereocenters. The van der Waals surface area contributed by atoms with Crippen LogP contribution in [0.15, 0.2) is 16.9 Å². The maximum Gasteiger partial charge on any atom is 0.228 e. The second kappa shape index (κ2) is 3.40. The third-order valence-electron chi connectivity index (χ3n) is 3.03. The molecule has 0 unspecified atom stereocenters. The predicted octanol–water partition coefficient (Wildman–Crippen LogP) is 0.955. The van der Waals surface area contributed by atoms with E-state index in [4.69, 9.17) is 4.52 Å². The lowest BCUT2D eigenvalue weighted by molar-refractivity contribution is 0.360. The Morgan fingerprint density at radius 1 is 1.50 bits per heavy atom. The van der Waals surface area contributed by atoms with Crippen LogP contribution in [0.25, 0.3) is 0 Å². The van der Waals surface area contributed by atoms with E-state index in [0.29, 0.717) is 12.3 Å². The van der Waals surface area contributed by atoms with Crippen molar-refractivity contribution in [3.8, 4) is 0 Å². The molecular weight excluding hydrogens is 206 g/mol. The van der Waals surface area contributed by atoms with E-state index in [1.54, 1.807) is 10.9 Å². The van der Waals surface area contributed by atoms with Crippen LogP contribution in [0.2, 0.25) is 0 Å². The van der Waals surface area contributed by atoms with Gasteiger partial charge in [0.05, 0.1) is 12.7 Å². The number of rotatable bonds is 4. The monoisotopic (exact) mass is 219 g/mol. The standard InChI is InChI=1S/C10H13N5O/c1-10(3-4-10)9-12-8(16-13-9)2-6-15-7-5-11-14-15/h5,7H,2-4,6H2,1H3.